The highest BCUT2D eigenvalue weighted by Crippen LogP contribution is 2.32. The van der Waals surface area contributed by atoms with Crippen molar-refractivity contribution < 1.29 is 0 Å². The molecule has 4 rings (SSSR count). The highest BCUT2D eigenvalue weighted by Gasteiger charge is 2.15. The lowest BCUT2D eigenvalue weighted by atomic mass is 10.3. The summed E-state index contributed by atoms with van der Waals surface area (Å²) in [6, 6.07) is 13.7. The maximum absolute atomic E-state index is 9.15. The van der Waals surface area contributed by atoms with E-state index in [-0.39, 0.29) is 0 Å². The number of nitriles is 1. The van der Waals surface area contributed by atoms with Gasteiger partial charge in [-0.05, 0) is 36.0 Å². The van der Waals surface area contributed by atoms with Gasteiger partial charge in [-0.2, -0.15) is 5.26 Å². The van der Waals surface area contributed by atoms with E-state index in [2.05, 4.69) is 27.3 Å². The van der Waals surface area contributed by atoms with E-state index in [1.165, 1.54) is 11.8 Å². The van der Waals surface area contributed by atoms with Gasteiger partial charge in [0.25, 0.3) is 0 Å². The molecule has 0 bridgehead atoms. The van der Waals surface area contributed by atoms with Crippen LogP contribution in [-0.4, -0.2) is 19.6 Å². The predicted molar refractivity (Wildman–Crippen MR) is 81.4 cm³/mol. The molecule has 21 heavy (non-hydrogen) atoms. The highest BCUT2D eigenvalue weighted by atomic mass is 32.2. The molecule has 0 N–H and O–H groups in total. The molecule has 100 valence electrons. The fourth-order valence-corrected chi connectivity index (χ4v) is 3.96. The summed E-state index contributed by atoms with van der Waals surface area (Å²) in [5, 5.41) is 18.9. The predicted octanol–water partition coefficient (Wildman–Crippen LogP) is 3.36. The van der Waals surface area contributed by atoms with Crippen LogP contribution in [0.1, 0.15) is 5.56 Å². The molecule has 0 radical (unpaired) electrons. The van der Waals surface area contributed by atoms with Crippen LogP contribution in [0.2, 0.25) is 0 Å². The molecule has 0 aliphatic rings. The van der Waals surface area contributed by atoms with Crippen LogP contribution in [0.3, 0.4) is 0 Å². The van der Waals surface area contributed by atoms with Gasteiger partial charge in [0.15, 0.2) is 0 Å². The van der Waals surface area contributed by atoms with Crippen LogP contribution in [0.15, 0.2) is 52.8 Å². The van der Waals surface area contributed by atoms with E-state index in [0.717, 1.165) is 20.3 Å². The Morgan fingerprint density at radius 2 is 2.05 bits per heavy atom. The van der Waals surface area contributed by atoms with Gasteiger partial charge in [0.2, 0.25) is 10.1 Å². The number of para-hydroxylation sites is 1. The number of nitrogens with zero attached hydrogens (tertiary/aromatic N) is 5. The fourth-order valence-electron chi connectivity index (χ4n) is 2.07. The summed E-state index contributed by atoms with van der Waals surface area (Å²) in [5.41, 5.74) is 1.61. The average Bonchev–Trinajstić information content (AvgIpc) is 3.08. The minimum Gasteiger partial charge on any atom is -0.260 e. The molecule has 3 aromatic heterocycles. The first-order chi connectivity index (χ1) is 10.4. The number of pyridine rings is 1. The summed E-state index contributed by atoms with van der Waals surface area (Å²) in [4.78, 5) is 5.10. The molecule has 3 heterocycles. The van der Waals surface area contributed by atoms with Gasteiger partial charge >= 0.3 is 0 Å². The van der Waals surface area contributed by atoms with Crippen LogP contribution >= 0.6 is 23.1 Å². The second-order valence-electron chi connectivity index (χ2n) is 4.24. The van der Waals surface area contributed by atoms with E-state index in [4.69, 9.17) is 5.26 Å². The van der Waals surface area contributed by atoms with Gasteiger partial charge in [0, 0.05) is 6.20 Å². The van der Waals surface area contributed by atoms with Crippen LogP contribution in [0.4, 0.5) is 0 Å². The SMILES string of the molecule is N#Cc1cccnc1Sc1nnc2sc3ccccc3n12. The Balaban J connectivity index is 1.89. The Morgan fingerprint density at radius 1 is 1.14 bits per heavy atom. The zero-order chi connectivity index (χ0) is 14.2. The average molecular weight is 309 g/mol. The van der Waals surface area contributed by atoms with E-state index >= 15 is 0 Å². The molecule has 0 unspecified atom stereocenters. The number of rotatable bonds is 2. The Bertz CT molecular complexity index is 995. The van der Waals surface area contributed by atoms with E-state index < -0.39 is 0 Å². The zero-order valence-electron chi connectivity index (χ0n) is 10.6. The topological polar surface area (TPSA) is 66.9 Å². The smallest absolute Gasteiger partial charge is 0.217 e. The third kappa shape index (κ3) is 1.96. The minimum absolute atomic E-state index is 0.541. The summed E-state index contributed by atoms with van der Waals surface area (Å²) in [6.45, 7) is 0. The van der Waals surface area contributed by atoms with Gasteiger partial charge in [-0.25, -0.2) is 4.98 Å². The van der Waals surface area contributed by atoms with Gasteiger partial charge in [-0.15, -0.1) is 10.2 Å². The summed E-state index contributed by atoms with van der Waals surface area (Å²) < 4.78 is 3.16. The molecule has 0 fully saturated rings. The molecule has 0 spiro atoms. The zero-order valence-corrected chi connectivity index (χ0v) is 12.2. The first-order valence-corrected chi connectivity index (χ1v) is 7.76. The first kappa shape index (κ1) is 12.3. The maximum Gasteiger partial charge on any atom is 0.217 e. The Labute approximate surface area is 127 Å². The standard InChI is InChI=1S/C14H7N5S2/c15-8-9-4-3-7-16-12(9)21-14-18-17-13-19(14)10-5-1-2-6-11(10)20-13/h1-7H. The van der Waals surface area contributed by atoms with Gasteiger partial charge < -0.3 is 0 Å². The van der Waals surface area contributed by atoms with E-state index in [0.29, 0.717) is 10.6 Å². The van der Waals surface area contributed by atoms with Crippen LogP contribution in [0, 0.1) is 11.3 Å². The fraction of sp³-hybridized carbons (Fsp3) is 0. The van der Waals surface area contributed by atoms with Crippen molar-refractivity contribution in [2.24, 2.45) is 0 Å². The molecule has 4 aromatic rings. The number of hydrogen-bond acceptors (Lipinski definition) is 6. The molecule has 7 heteroatoms. The number of fused-ring (bicyclic) bond motifs is 3. The van der Waals surface area contributed by atoms with Crippen molar-refractivity contribution >= 4 is 38.3 Å². The summed E-state index contributed by atoms with van der Waals surface area (Å²) in [5.74, 6) is 0. The van der Waals surface area contributed by atoms with Gasteiger partial charge in [0.1, 0.15) is 11.1 Å². The lowest BCUT2D eigenvalue weighted by Crippen LogP contribution is -1.89. The highest BCUT2D eigenvalue weighted by molar-refractivity contribution is 7.99. The summed E-state index contributed by atoms with van der Waals surface area (Å²) >= 11 is 2.95. The molecule has 0 amide bonds. The van der Waals surface area contributed by atoms with E-state index in [1.54, 1.807) is 29.7 Å². The van der Waals surface area contributed by atoms with Gasteiger partial charge in [0.05, 0.1) is 15.8 Å². The van der Waals surface area contributed by atoms with Crippen molar-refractivity contribution in [3.8, 4) is 6.07 Å². The molecule has 5 nitrogen and oxygen atoms in total. The maximum atomic E-state index is 9.15. The Morgan fingerprint density at radius 3 is 2.95 bits per heavy atom. The van der Waals surface area contributed by atoms with Crippen LogP contribution in [-0.2, 0) is 0 Å². The van der Waals surface area contributed by atoms with Crippen molar-refractivity contribution in [2.45, 2.75) is 10.2 Å². The molecular weight excluding hydrogens is 302 g/mol. The van der Waals surface area contributed by atoms with Crippen LogP contribution in [0.5, 0.6) is 0 Å². The van der Waals surface area contributed by atoms with Gasteiger partial charge in [-0.1, -0.05) is 23.5 Å². The van der Waals surface area contributed by atoms with Crippen molar-refractivity contribution in [3.63, 3.8) is 0 Å². The summed E-state index contributed by atoms with van der Waals surface area (Å²) in [6.07, 6.45) is 1.67. The number of thiazole rings is 1. The molecule has 0 saturated heterocycles. The largest absolute Gasteiger partial charge is 0.260 e. The quantitative estimate of drug-likeness (QED) is 0.568. The molecule has 0 aliphatic heterocycles. The van der Waals surface area contributed by atoms with E-state index in [1.807, 2.05) is 22.6 Å². The second kappa shape index (κ2) is 4.84. The summed E-state index contributed by atoms with van der Waals surface area (Å²) in [7, 11) is 0. The normalized spacial score (nSPS) is 11.0. The van der Waals surface area contributed by atoms with Crippen LogP contribution in [0.25, 0.3) is 15.2 Å². The van der Waals surface area contributed by atoms with Crippen LogP contribution < -0.4 is 0 Å². The third-order valence-electron chi connectivity index (χ3n) is 2.99. The lowest BCUT2D eigenvalue weighted by molar-refractivity contribution is 0.935. The monoisotopic (exact) mass is 309 g/mol. The Kier molecular flexibility index (Phi) is 2.84. The molecular formula is C14H7N5S2. The Hall–Kier alpha value is -2.43. The second-order valence-corrected chi connectivity index (χ2v) is 6.21. The minimum atomic E-state index is 0.541. The number of benzene rings is 1. The van der Waals surface area contributed by atoms with Crippen molar-refractivity contribution in [3.05, 3.63) is 48.2 Å². The molecule has 1 aromatic carbocycles. The van der Waals surface area contributed by atoms with Gasteiger partial charge in [-0.3, -0.25) is 4.40 Å². The van der Waals surface area contributed by atoms with E-state index in [9.17, 15) is 0 Å². The first-order valence-electron chi connectivity index (χ1n) is 6.12. The number of hydrogen-bond donors (Lipinski definition) is 0. The molecule has 0 aliphatic carbocycles. The van der Waals surface area contributed by atoms with Crippen molar-refractivity contribution in [1.29, 1.82) is 5.26 Å². The molecule has 0 saturated carbocycles. The lowest BCUT2D eigenvalue weighted by Gasteiger charge is -2.00. The number of aromatic nitrogens is 4. The van der Waals surface area contributed by atoms with Crippen molar-refractivity contribution in [2.75, 3.05) is 0 Å². The van der Waals surface area contributed by atoms with Crippen molar-refractivity contribution in [1.82, 2.24) is 19.6 Å². The third-order valence-corrected chi connectivity index (χ3v) is 4.97. The molecule has 0 atom stereocenters.